The van der Waals surface area contributed by atoms with Crippen molar-refractivity contribution in [3.05, 3.63) is 81.9 Å². The smallest absolute Gasteiger partial charge is 0.173 e. The third kappa shape index (κ3) is 3.48. The highest BCUT2D eigenvalue weighted by molar-refractivity contribution is 6.34. The summed E-state index contributed by atoms with van der Waals surface area (Å²) in [5, 5.41) is 12.5. The number of anilines is 1. The largest absolute Gasteiger partial charge is 0.488 e. The van der Waals surface area contributed by atoms with E-state index in [0.717, 1.165) is 23.4 Å². The molecule has 1 fully saturated rings. The van der Waals surface area contributed by atoms with Gasteiger partial charge in [-0.1, -0.05) is 48.0 Å². The van der Waals surface area contributed by atoms with Gasteiger partial charge in [0.05, 0.1) is 17.2 Å². The van der Waals surface area contributed by atoms with Crippen LogP contribution in [0.5, 0.6) is 5.75 Å². The van der Waals surface area contributed by atoms with E-state index in [0.29, 0.717) is 30.6 Å². The van der Waals surface area contributed by atoms with Crippen molar-refractivity contribution < 1.29 is 18.6 Å². The number of rotatable bonds is 5. The first-order chi connectivity index (χ1) is 16.0. The van der Waals surface area contributed by atoms with Crippen LogP contribution in [0.25, 0.3) is 11.1 Å². The predicted molar refractivity (Wildman–Crippen MR) is 126 cm³/mol. The number of nitrogens with one attached hydrogen (secondary N) is 1. The summed E-state index contributed by atoms with van der Waals surface area (Å²) in [4.78, 5) is 2.23. The van der Waals surface area contributed by atoms with Crippen molar-refractivity contribution >= 4 is 17.3 Å². The van der Waals surface area contributed by atoms with Crippen LogP contribution in [0.2, 0.25) is 5.02 Å². The van der Waals surface area contributed by atoms with Crippen molar-refractivity contribution in [2.75, 3.05) is 37.7 Å². The summed E-state index contributed by atoms with van der Waals surface area (Å²) >= 11 is 6.54. The average molecular weight is 471 g/mol. The Morgan fingerprint density at radius 1 is 1.15 bits per heavy atom. The van der Waals surface area contributed by atoms with Gasteiger partial charge in [-0.05, 0) is 35.7 Å². The lowest BCUT2D eigenvalue weighted by molar-refractivity contribution is 0.196. The van der Waals surface area contributed by atoms with Crippen LogP contribution < -0.4 is 15.0 Å². The normalized spacial score (nSPS) is 19.4. The van der Waals surface area contributed by atoms with Crippen LogP contribution >= 0.6 is 11.6 Å². The molecule has 0 radical (unpaired) electrons. The van der Waals surface area contributed by atoms with Crippen LogP contribution in [-0.4, -0.2) is 38.0 Å². The quantitative estimate of drug-likeness (QED) is 0.561. The van der Waals surface area contributed by atoms with E-state index in [1.807, 2.05) is 18.2 Å². The minimum Gasteiger partial charge on any atom is -0.488 e. The molecule has 5 rings (SSSR count). The summed E-state index contributed by atoms with van der Waals surface area (Å²) in [7, 11) is 0. The van der Waals surface area contributed by atoms with Crippen molar-refractivity contribution in [3.8, 4) is 16.9 Å². The topological polar surface area (TPSA) is 44.7 Å². The predicted octanol–water partition coefficient (Wildman–Crippen LogP) is 4.83. The summed E-state index contributed by atoms with van der Waals surface area (Å²) in [6, 6.07) is 14.9. The number of halogens is 3. The van der Waals surface area contributed by atoms with Crippen molar-refractivity contribution in [1.29, 1.82) is 0 Å². The molecule has 0 aliphatic carbocycles. The summed E-state index contributed by atoms with van der Waals surface area (Å²) in [6.45, 7) is 3.66. The summed E-state index contributed by atoms with van der Waals surface area (Å²) in [5.74, 6) is -1.17. The maximum Gasteiger partial charge on any atom is 0.173 e. The molecule has 1 atom stereocenters. The molecule has 0 bridgehead atoms. The van der Waals surface area contributed by atoms with E-state index in [2.05, 4.69) is 22.3 Å². The molecule has 1 unspecified atom stereocenters. The SMILES string of the molecule is Cc1ccc(OCCO)c(F)c1-c1c(Cl)c(F)cc2c1CC1(c3ccccc3)CNCCN21. The Morgan fingerprint density at radius 2 is 1.94 bits per heavy atom. The van der Waals surface area contributed by atoms with Gasteiger partial charge in [-0.25, -0.2) is 8.78 Å². The maximum atomic E-state index is 15.7. The zero-order valence-electron chi connectivity index (χ0n) is 18.3. The maximum absolute atomic E-state index is 15.7. The molecular formula is C26H25ClF2N2O2. The van der Waals surface area contributed by atoms with E-state index in [1.165, 1.54) is 12.1 Å². The van der Waals surface area contributed by atoms with Gasteiger partial charge in [-0.3, -0.25) is 0 Å². The van der Waals surface area contributed by atoms with Crippen molar-refractivity contribution in [2.45, 2.75) is 18.9 Å². The minimum absolute atomic E-state index is 0.00823. The van der Waals surface area contributed by atoms with Crippen molar-refractivity contribution in [1.82, 2.24) is 5.32 Å². The fraction of sp³-hybridized carbons (Fsp3) is 0.308. The lowest BCUT2D eigenvalue weighted by atomic mass is 9.83. The Hall–Kier alpha value is -2.67. The Labute approximate surface area is 196 Å². The molecule has 2 heterocycles. The fourth-order valence-electron chi connectivity index (χ4n) is 5.26. The monoisotopic (exact) mass is 470 g/mol. The molecule has 0 spiro atoms. The van der Waals surface area contributed by atoms with E-state index in [1.54, 1.807) is 13.0 Å². The van der Waals surface area contributed by atoms with Crippen LogP contribution in [-0.2, 0) is 12.0 Å². The number of fused-ring (bicyclic) bond motifs is 3. The molecule has 3 aromatic rings. The lowest BCUT2D eigenvalue weighted by Gasteiger charge is -2.45. The van der Waals surface area contributed by atoms with E-state index >= 15 is 8.78 Å². The van der Waals surface area contributed by atoms with Gasteiger partial charge in [-0.15, -0.1) is 0 Å². The minimum atomic E-state index is -0.602. The molecule has 172 valence electrons. The van der Waals surface area contributed by atoms with Gasteiger partial charge < -0.3 is 20.1 Å². The second-order valence-electron chi connectivity index (χ2n) is 8.59. The van der Waals surface area contributed by atoms with Crippen LogP contribution in [0, 0.1) is 18.6 Å². The second-order valence-corrected chi connectivity index (χ2v) is 8.97. The molecule has 2 N–H and O–H groups in total. The lowest BCUT2D eigenvalue weighted by Crippen LogP contribution is -2.57. The number of piperazine rings is 1. The highest BCUT2D eigenvalue weighted by Gasteiger charge is 2.48. The number of aliphatic hydroxyl groups excluding tert-OH is 1. The highest BCUT2D eigenvalue weighted by Crippen LogP contribution is 2.52. The van der Waals surface area contributed by atoms with Crippen LogP contribution in [0.3, 0.4) is 0 Å². The summed E-state index contributed by atoms with van der Waals surface area (Å²) < 4.78 is 36.3. The van der Waals surface area contributed by atoms with Gasteiger partial charge in [0.25, 0.3) is 0 Å². The average Bonchev–Trinajstić information content (AvgIpc) is 3.16. The van der Waals surface area contributed by atoms with Crippen LogP contribution in [0.15, 0.2) is 48.5 Å². The Morgan fingerprint density at radius 3 is 2.70 bits per heavy atom. The molecule has 2 aliphatic rings. The number of ether oxygens (including phenoxy) is 1. The molecule has 4 nitrogen and oxygen atoms in total. The number of aryl methyl sites for hydroxylation is 1. The standard InChI is InChI=1S/C26H25ClF2N2O2/c1-16-7-8-21(33-12-11-32)25(29)22(16)23-18-14-26(17-5-3-2-4-6-17)15-30-9-10-31(26)20(18)13-19(28)24(23)27/h2-8,13,30,32H,9-12,14-15H2,1H3. The third-order valence-corrected chi connectivity index (χ3v) is 7.10. The molecular weight excluding hydrogens is 446 g/mol. The number of hydrogen-bond donors (Lipinski definition) is 2. The first kappa shape index (κ1) is 22.1. The number of benzene rings is 3. The van der Waals surface area contributed by atoms with Gasteiger partial charge in [-0.2, -0.15) is 0 Å². The molecule has 33 heavy (non-hydrogen) atoms. The van der Waals surface area contributed by atoms with E-state index < -0.39 is 17.2 Å². The molecule has 1 saturated heterocycles. The zero-order chi connectivity index (χ0) is 23.2. The first-order valence-electron chi connectivity index (χ1n) is 11.1. The van der Waals surface area contributed by atoms with E-state index in [9.17, 15) is 0 Å². The highest BCUT2D eigenvalue weighted by atomic mass is 35.5. The van der Waals surface area contributed by atoms with E-state index in [-0.39, 0.29) is 29.5 Å². The van der Waals surface area contributed by atoms with Gasteiger partial charge in [0.2, 0.25) is 0 Å². The Kier molecular flexibility index (Phi) is 5.77. The molecule has 0 amide bonds. The second kappa shape index (κ2) is 8.60. The van der Waals surface area contributed by atoms with Gasteiger partial charge in [0, 0.05) is 42.9 Å². The van der Waals surface area contributed by atoms with Gasteiger partial charge in [0.15, 0.2) is 11.6 Å². The molecule has 7 heteroatoms. The van der Waals surface area contributed by atoms with Crippen LogP contribution in [0.4, 0.5) is 14.5 Å². The Bertz CT molecular complexity index is 1200. The third-order valence-electron chi connectivity index (χ3n) is 6.73. The fourth-order valence-corrected chi connectivity index (χ4v) is 5.53. The number of aliphatic hydroxyl groups is 1. The number of hydrogen-bond acceptors (Lipinski definition) is 4. The van der Waals surface area contributed by atoms with E-state index in [4.69, 9.17) is 21.4 Å². The van der Waals surface area contributed by atoms with Crippen molar-refractivity contribution in [3.63, 3.8) is 0 Å². The Balaban J connectivity index is 1.74. The van der Waals surface area contributed by atoms with Gasteiger partial charge >= 0.3 is 0 Å². The molecule has 3 aromatic carbocycles. The van der Waals surface area contributed by atoms with Crippen molar-refractivity contribution in [2.24, 2.45) is 0 Å². The van der Waals surface area contributed by atoms with Gasteiger partial charge in [0.1, 0.15) is 12.4 Å². The summed E-state index contributed by atoms with van der Waals surface area (Å²) in [5.41, 5.74) is 3.53. The molecule has 0 aromatic heterocycles. The number of nitrogens with zero attached hydrogens (tertiary/aromatic N) is 1. The van der Waals surface area contributed by atoms with Crippen LogP contribution in [0.1, 0.15) is 16.7 Å². The molecule has 0 saturated carbocycles. The zero-order valence-corrected chi connectivity index (χ0v) is 19.1. The first-order valence-corrected chi connectivity index (χ1v) is 11.4. The molecule has 2 aliphatic heterocycles. The summed E-state index contributed by atoms with van der Waals surface area (Å²) in [6.07, 6.45) is 0.565.